The maximum absolute atomic E-state index is 13.1. The summed E-state index contributed by atoms with van der Waals surface area (Å²) in [6.45, 7) is 7.47. The number of amides is 1. The fourth-order valence-corrected chi connectivity index (χ4v) is 2.39. The molecule has 1 heterocycles. The van der Waals surface area contributed by atoms with Crippen molar-refractivity contribution in [2.75, 3.05) is 39.3 Å². The number of carbonyl (C=O) groups is 1. The number of ether oxygens (including phenoxy) is 1. The average Bonchev–Trinajstić information content (AvgIpc) is 2.52. The number of piperazine rings is 1. The summed E-state index contributed by atoms with van der Waals surface area (Å²) in [5.41, 5.74) is 0. The van der Waals surface area contributed by atoms with Gasteiger partial charge in [-0.05, 0) is 32.0 Å². The Morgan fingerprint density at radius 1 is 1.43 bits per heavy atom. The van der Waals surface area contributed by atoms with Crippen LogP contribution in [0.15, 0.2) is 24.3 Å². The van der Waals surface area contributed by atoms with Gasteiger partial charge in [-0.25, -0.2) is 4.39 Å². The summed E-state index contributed by atoms with van der Waals surface area (Å²) in [6, 6.07) is 5.81. The van der Waals surface area contributed by atoms with Gasteiger partial charge in [-0.1, -0.05) is 6.07 Å². The lowest BCUT2D eigenvalue weighted by atomic mass is 10.3. The minimum atomic E-state index is -0.638. The van der Waals surface area contributed by atoms with Crippen LogP contribution in [0.5, 0.6) is 5.75 Å². The molecule has 1 saturated heterocycles. The fraction of sp³-hybridized carbons (Fsp3) is 0.562. The van der Waals surface area contributed by atoms with Crippen molar-refractivity contribution < 1.29 is 13.9 Å². The Morgan fingerprint density at radius 2 is 2.17 bits per heavy atom. The van der Waals surface area contributed by atoms with Crippen LogP contribution in [0.25, 0.3) is 0 Å². The highest BCUT2D eigenvalue weighted by Crippen LogP contribution is 2.13. The van der Waals surface area contributed by atoms with Crippen molar-refractivity contribution in [3.05, 3.63) is 30.1 Å². The van der Waals surface area contributed by atoms with Gasteiger partial charge in [0.1, 0.15) is 11.6 Å². The highest BCUT2D eigenvalue weighted by Gasteiger charge is 2.14. The second-order valence-corrected chi connectivity index (χ2v) is 5.45. The minimum Gasteiger partial charge on any atom is -0.481 e. The Morgan fingerprint density at radius 3 is 2.87 bits per heavy atom. The SMILES string of the molecule is CC(Oc1cccc(F)c1)C(=O)NCCCN1CCNCC1.Cl. The van der Waals surface area contributed by atoms with E-state index in [-0.39, 0.29) is 24.1 Å². The fourth-order valence-electron chi connectivity index (χ4n) is 2.39. The maximum atomic E-state index is 13.1. The summed E-state index contributed by atoms with van der Waals surface area (Å²) in [5, 5.41) is 6.17. The van der Waals surface area contributed by atoms with E-state index in [4.69, 9.17) is 4.74 Å². The minimum absolute atomic E-state index is 0. The van der Waals surface area contributed by atoms with Crippen molar-refractivity contribution >= 4 is 18.3 Å². The van der Waals surface area contributed by atoms with Crippen molar-refractivity contribution in [2.45, 2.75) is 19.4 Å². The van der Waals surface area contributed by atoms with E-state index in [0.29, 0.717) is 12.3 Å². The lowest BCUT2D eigenvalue weighted by molar-refractivity contribution is -0.127. The van der Waals surface area contributed by atoms with E-state index in [1.807, 2.05) is 0 Å². The van der Waals surface area contributed by atoms with Crippen LogP contribution in [0.1, 0.15) is 13.3 Å². The third kappa shape index (κ3) is 7.16. The van der Waals surface area contributed by atoms with Gasteiger partial charge in [-0.3, -0.25) is 4.79 Å². The van der Waals surface area contributed by atoms with Gasteiger partial charge >= 0.3 is 0 Å². The molecule has 2 rings (SSSR count). The summed E-state index contributed by atoms with van der Waals surface area (Å²) in [6.07, 6.45) is 0.277. The van der Waals surface area contributed by atoms with Crippen LogP contribution in [0, 0.1) is 5.82 Å². The standard InChI is InChI=1S/C16H24FN3O2.ClH/c1-13(22-15-5-2-4-14(17)12-15)16(21)19-6-3-9-20-10-7-18-8-11-20;/h2,4-5,12-13,18H,3,6-11H2,1H3,(H,19,21);1H. The predicted molar refractivity (Wildman–Crippen MR) is 90.7 cm³/mol. The number of benzene rings is 1. The molecule has 0 aliphatic carbocycles. The van der Waals surface area contributed by atoms with Crippen LogP contribution >= 0.6 is 12.4 Å². The average molecular weight is 346 g/mol. The first-order chi connectivity index (χ1) is 10.6. The van der Waals surface area contributed by atoms with E-state index in [1.165, 1.54) is 12.1 Å². The van der Waals surface area contributed by atoms with Gasteiger partial charge in [-0.15, -0.1) is 12.4 Å². The molecule has 0 bridgehead atoms. The van der Waals surface area contributed by atoms with E-state index in [0.717, 1.165) is 39.1 Å². The van der Waals surface area contributed by atoms with Crippen LogP contribution < -0.4 is 15.4 Å². The van der Waals surface area contributed by atoms with Gasteiger partial charge in [-0.2, -0.15) is 0 Å². The molecular weight excluding hydrogens is 321 g/mol. The Hall–Kier alpha value is -1.37. The number of nitrogens with one attached hydrogen (secondary N) is 2. The van der Waals surface area contributed by atoms with Crippen molar-refractivity contribution in [3.8, 4) is 5.75 Å². The number of hydrogen-bond acceptors (Lipinski definition) is 4. The Balaban J connectivity index is 0.00000264. The highest BCUT2D eigenvalue weighted by molar-refractivity contribution is 5.85. The molecule has 1 unspecified atom stereocenters. The summed E-state index contributed by atoms with van der Waals surface area (Å²) < 4.78 is 18.5. The van der Waals surface area contributed by atoms with Crippen molar-refractivity contribution in [1.29, 1.82) is 0 Å². The molecule has 23 heavy (non-hydrogen) atoms. The van der Waals surface area contributed by atoms with Gasteiger partial charge in [0.15, 0.2) is 6.10 Å². The van der Waals surface area contributed by atoms with Gasteiger partial charge in [0.25, 0.3) is 5.91 Å². The Kier molecular flexibility index (Phi) is 8.91. The maximum Gasteiger partial charge on any atom is 0.260 e. The summed E-state index contributed by atoms with van der Waals surface area (Å²) >= 11 is 0. The van der Waals surface area contributed by atoms with E-state index in [9.17, 15) is 9.18 Å². The molecule has 1 fully saturated rings. The molecule has 5 nitrogen and oxygen atoms in total. The normalized spacial score (nSPS) is 16.3. The molecule has 1 aromatic rings. The second kappa shape index (κ2) is 10.4. The van der Waals surface area contributed by atoms with Gasteiger partial charge in [0.05, 0.1) is 0 Å². The Labute approximate surface area is 143 Å². The number of nitrogens with zero attached hydrogens (tertiary/aromatic N) is 1. The molecule has 1 aromatic carbocycles. The highest BCUT2D eigenvalue weighted by atomic mass is 35.5. The predicted octanol–water partition coefficient (Wildman–Crippen LogP) is 1.43. The van der Waals surface area contributed by atoms with Gasteiger partial charge in [0.2, 0.25) is 0 Å². The van der Waals surface area contributed by atoms with Crippen molar-refractivity contribution in [1.82, 2.24) is 15.5 Å². The van der Waals surface area contributed by atoms with Gasteiger partial charge < -0.3 is 20.3 Å². The molecule has 7 heteroatoms. The number of halogens is 2. The topological polar surface area (TPSA) is 53.6 Å². The number of rotatable bonds is 7. The molecule has 0 saturated carbocycles. The molecule has 1 amide bonds. The zero-order valence-electron chi connectivity index (χ0n) is 13.4. The largest absolute Gasteiger partial charge is 0.481 e. The summed E-state index contributed by atoms with van der Waals surface area (Å²) in [7, 11) is 0. The summed E-state index contributed by atoms with van der Waals surface area (Å²) in [4.78, 5) is 14.3. The van der Waals surface area contributed by atoms with E-state index >= 15 is 0 Å². The number of hydrogen-bond donors (Lipinski definition) is 2. The molecule has 2 N–H and O–H groups in total. The third-order valence-electron chi connectivity index (χ3n) is 3.64. The first-order valence-electron chi connectivity index (χ1n) is 7.78. The van der Waals surface area contributed by atoms with Crippen molar-refractivity contribution in [3.63, 3.8) is 0 Å². The molecule has 1 aliphatic rings. The van der Waals surface area contributed by atoms with Crippen LogP contribution in [0.2, 0.25) is 0 Å². The van der Waals surface area contributed by atoms with E-state index in [2.05, 4.69) is 15.5 Å². The lowest BCUT2D eigenvalue weighted by Gasteiger charge is -2.27. The smallest absolute Gasteiger partial charge is 0.260 e. The van der Waals surface area contributed by atoms with Crippen LogP contribution in [0.3, 0.4) is 0 Å². The lowest BCUT2D eigenvalue weighted by Crippen LogP contribution is -2.44. The molecule has 0 radical (unpaired) electrons. The number of carbonyl (C=O) groups excluding carboxylic acids is 1. The molecule has 0 spiro atoms. The van der Waals surface area contributed by atoms with E-state index in [1.54, 1.807) is 19.1 Å². The zero-order chi connectivity index (χ0) is 15.8. The van der Waals surface area contributed by atoms with Gasteiger partial charge in [0, 0.05) is 38.8 Å². The molecular formula is C16H25ClFN3O2. The summed E-state index contributed by atoms with van der Waals surface area (Å²) in [5.74, 6) is -0.186. The monoisotopic (exact) mass is 345 g/mol. The molecule has 0 aromatic heterocycles. The quantitative estimate of drug-likeness (QED) is 0.734. The first kappa shape index (κ1) is 19.7. The molecule has 1 aliphatic heterocycles. The third-order valence-corrected chi connectivity index (χ3v) is 3.64. The second-order valence-electron chi connectivity index (χ2n) is 5.45. The molecule has 130 valence electrons. The zero-order valence-corrected chi connectivity index (χ0v) is 14.2. The molecule has 1 atom stereocenters. The van der Waals surface area contributed by atoms with Crippen LogP contribution in [0.4, 0.5) is 4.39 Å². The van der Waals surface area contributed by atoms with E-state index < -0.39 is 6.10 Å². The first-order valence-corrected chi connectivity index (χ1v) is 7.78. The van der Waals surface area contributed by atoms with Crippen molar-refractivity contribution in [2.24, 2.45) is 0 Å². The van der Waals surface area contributed by atoms with Crippen LogP contribution in [-0.4, -0.2) is 56.2 Å². The van der Waals surface area contributed by atoms with Crippen LogP contribution in [-0.2, 0) is 4.79 Å². The Bertz CT molecular complexity index is 484.